The highest BCUT2D eigenvalue weighted by Gasteiger charge is 2.53. The summed E-state index contributed by atoms with van der Waals surface area (Å²) >= 11 is 0. The molecule has 1 spiro atoms. The fourth-order valence-corrected chi connectivity index (χ4v) is 3.31. The van der Waals surface area contributed by atoms with Crippen LogP contribution in [-0.2, 0) is 0 Å². The molecule has 80 valence electrons. The van der Waals surface area contributed by atoms with Crippen molar-refractivity contribution in [2.24, 2.45) is 11.1 Å². The fraction of sp³-hybridized carbons (Fsp3) is 0.571. The second kappa shape index (κ2) is 3.34. The topological polar surface area (TPSA) is 26.0 Å². The molecule has 2 N–H and O–H groups in total. The van der Waals surface area contributed by atoms with Crippen molar-refractivity contribution in [2.45, 2.75) is 44.1 Å². The molecule has 0 aromatic heterocycles. The summed E-state index contributed by atoms with van der Waals surface area (Å²) in [6.07, 6.45) is 6.71. The van der Waals surface area contributed by atoms with E-state index in [1.807, 2.05) is 0 Å². The molecular formula is C14H19N. The van der Waals surface area contributed by atoms with Crippen LogP contribution in [0.5, 0.6) is 0 Å². The molecule has 0 aliphatic heterocycles. The molecular weight excluding hydrogens is 182 g/mol. The number of hydrogen-bond donors (Lipinski definition) is 1. The van der Waals surface area contributed by atoms with Crippen LogP contribution in [0, 0.1) is 5.41 Å². The number of benzene rings is 1. The van der Waals surface area contributed by atoms with Crippen LogP contribution in [0.25, 0.3) is 0 Å². The second-order valence-electron chi connectivity index (χ2n) is 5.38. The summed E-state index contributed by atoms with van der Waals surface area (Å²) in [4.78, 5) is 0. The average Bonchev–Trinajstić information content (AvgIpc) is 2.89. The largest absolute Gasteiger partial charge is 0.327 e. The maximum absolute atomic E-state index is 6.07. The second-order valence-corrected chi connectivity index (χ2v) is 5.38. The van der Waals surface area contributed by atoms with Gasteiger partial charge in [0.2, 0.25) is 0 Å². The zero-order chi connectivity index (χ0) is 10.3. The summed E-state index contributed by atoms with van der Waals surface area (Å²) in [5.41, 5.74) is 8.14. The lowest BCUT2D eigenvalue weighted by Gasteiger charge is -2.30. The molecule has 2 saturated carbocycles. The highest BCUT2D eigenvalue weighted by Crippen LogP contribution is 2.58. The monoisotopic (exact) mass is 201 g/mol. The van der Waals surface area contributed by atoms with Gasteiger partial charge in [-0.25, -0.2) is 0 Å². The molecule has 3 rings (SSSR count). The van der Waals surface area contributed by atoms with E-state index in [4.69, 9.17) is 5.73 Å². The summed E-state index contributed by atoms with van der Waals surface area (Å²) in [7, 11) is 0. The maximum Gasteiger partial charge on any atom is 0.0102 e. The van der Waals surface area contributed by atoms with Gasteiger partial charge in [0, 0.05) is 6.04 Å². The maximum atomic E-state index is 6.07. The molecule has 15 heavy (non-hydrogen) atoms. The van der Waals surface area contributed by atoms with Crippen molar-refractivity contribution in [1.82, 2.24) is 0 Å². The van der Waals surface area contributed by atoms with Gasteiger partial charge in [-0.1, -0.05) is 36.8 Å². The van der Waals surface area contributed by atoms with Crippen molar-refractivity contribution in [3.63, 3.8) is 0 Å². The van der Waals surface area contributed by atoms with Crippen LogP contribution < -0.4 is 5.73 Å². The molecule has 1 aromatic carbocycles. The Bertz CT molecular complexity index is 346. The quantitative estimate of drug-likeness (QED) is 0.742. The van der Waals surface area contributed by atoms with Crippen molar-refractivity contribution in [1.29, 1.82) is 0 Å². The fourth-order valence-electron chi connectivity index (χ4n) is 3.31. The van der Waals surface area contributed by atoms with E-state index in [-0.39, 0.29) is 0 Å². The Morgan fingerprint density at radius 2 is 1.87 bits per heavy atom. The molecule has 2 aliphatic carbocycles. The standard InChI is InChI=1S/C14H19N/c15-13-10-14(13)8-4-7-12(9-14)11-5-2-1-3-6-11/h1-3,5-6,12-13H,4,7-10,15H2. The van der Waals surface area contributed by atoms with E-state index in [0.29, 0.717) is 11.5 Å². The normalized spacial score (nSPS) is 39.3. The van der Waals surface area contributed by atoms with E-state index < -0.39 is 0 Å². The number of nitrogens with two attached hydrogens (primary N) is 1. The van der Waals surface area contributed by atoms with Crippen LogP contribution in [0.4, 0.5) is 0 Å². The van der Waals surface area contributed by atoms with Gasteiger partial charge < -0.3 is 5.73 Å². The lowest BCUT2D eigenvalue weighted by atomic mass is 9.75. The molecule has 1 nitrogen and oxygen atoms in total. The Morgan fingerprint density at radius 1 is 1.13 bits per heavy atom. The third kappa shape index (κ3) is 1.59. The first-order valence-corrected chi connectivity index (χ1v) is 6.11. The van der Waals surface area contributed by atoms with Crippen molar-refractivity contribution < 1.29 is 0 Å². The molecule has 3 atom stereocenters. The molecule has 0 heterocycles. The third-order valence-electron chi connectivity index (χ3n) is 4.40. The van der Waals surface area contributed by atoms with Gasteiger partial charge in [0.05, 0.1) is 0 Å². The molecule has 0 saturated heterocycles. The summed E-state index contributed by atoms with van der Waals surface area (Å²) in [5, 5.41) is 0. The van der Waals surface area contributed by atoms with Crippen LogP contribution in [0.3, 0.4) is 0 Å². The van der Waals surface area contributed by atoms with E-state index in [1.54, 1.807) is 0 Å². The minimum Gasteiger partial charge on any atom is -0.327 e. The van der Waals surface area contributed by atoms with Crippen molar-refractivity contribution in [3.05, 3.63) is 35.9 Å². The van der Waals surface area contributed by atoms with Crippen LogP contribution in [-0.4, -0.2) is 6.04 Å². The zero-order valence-corrected chi connectivity index (χ0v) is 9.15. The molecule has 0 radical (unpaired) electrons. The molecule has 1 aromatic rings. The van der Waals surface area contributed by atoms with E-state index in [9.17, 15) is 0 Å². The summed E-state index contributed by atoms with van der Waals surface area (Å²) < 4.78 is 0. The van der Waals surface area contributed by atoms with Crippen molar-refractivity contribution in [3.8, 4) is 0 Å². The van der Waals surface area contributed by atoms with Crippen LogP contribution in [0.2, 0.25) is 0 Å². The van der Waals surface area contributed by atoms with Gasteiger partial charge >= 0.3 is 0 Å². The average molecular weight is 201 g/mol. The molecule has 0 amide bonds. The van der Waals surface area contributed by atoms with E-state index >= 15 is 0 Å². The Balaban J connectivity index is 1.78. The van der Waals surface area contributed by atoms with Crippen LogP contribution in [0.15, 0.2) is 30.3 Å². The number of hydrogen-bond acceptors (Lipinski definition) is 1. The summed E-state index contributed by atoms with van der Waals surface area (Å²) in [5.74, 6) is 0.772. The molecule has 1 heteroatoms. The van der Waals surface area contributed by atoms with E-state index in [1.165, 1.54) is 37.7 Å². The smallest absolute Gasteiger partial charge is 0.0102 e. The Kier molecular flexibility index (Phi) is 2.10. The van der Waals surface area contributed by atoms with Crippen LogP contribution in [0.1, 0.15) is 43.6 Å². The molecule has 2 fully saturated rings. The van der Waals surface area contributed by atoms with Gasteiger partial charge in [-0.3, -0.25) is 0 Å². The highest BCUT2D eigenvalue weighted by molar-refractivity contribution is 5.23. The van der Waals surface area contributed by atoms with Gasteiger partial charge in [0.1, 0.15) is 0 Å². The molecule has 3 unspecified atom stereocenters. The number of rotatable bonds is 1. The van der Waals surface area contributed by atoms with Crippen LogP contribution >= 0.6 is 0 Å². The Hall–Kier alpha value is -0.820. The highest BCUT2D eigenvalue weighted by atomic mass is 14.8. The SMILES string of the molecule is NC1CC12CCCC(c1ccccc1)C2. The zero-order valence-electron chi connectivity index (χ0n) is 9.15. The minimum atomic E-state index is 0.504. The Morgan fingerprint density at radius 3 is 2.53 bits per heavy atom. The summed E-state index contributed by atoms with van der Waals surface area (Å²) in [6, 6.07) is 11.5. The third-order valence-corrected chi connectivity index (χ3v) is 4.40. The predicted octanol–water partition coefficient (Wildman–Crippen LogP) is 3.06. The van der Waals surface area contributed by atoms with Crippen molar-refractivity contribution >= 4 is 0 Å². The van der Waals surface area contributed by atoms with E-state index in [2.05, 4.69) is 30.3 Å². The van der Waals surface area contributed by atoms with E-state index in [0.717, 1.165) is 5.92 Å². The molecule has 2 aliphatic rings. The minimum absolute atomic E-state index is 0.504. The lowest BCUT2D eigenvalue weighted by molar-refractivity contribution is 0.292. The first kappa shape index (κ1) is 9.41. The van der Waals surface area contributed by atoms with Crippen molar-refractivity contribution in [2.75, 3.05) is 0 Å². The van der Waals surface area contributed by atoms with Gasteiger partial charge in [-0.15, -0.1) is 0 Å². The van der Waals surface area contributed by atoms with Gasteiger partial charge in [-0.05, 0) is 42.6 Å². The predicted molar refractivity (Wildman–Crippen MR) is 62.7 cm³/mol. The van der Waals surface area contributed by atoms with Gasteiger partial charge in [0.25, 0.3) is 0 Å². The Labute approximate surface area is 91.7 Å². The first-order chi connectivity index (χ1) is 7.30. The molecule has 0 bridgehead atoms. The lowest BCUT2D eigenvalue weighted by Crippen LogP contribution is -2.21. The van der Waals surface area contributed by atoms with Gasteiger partial charge in [-0.2, -0.15) is 0 Å². The first-order valence-electron chi connectivity index (χ1n) is 6.11. The summed E-state index contributed by atoms with van der Waals surface area (Å²) in [6.45, 7) is 0. The van der Waals surface area contributed by atoms with Gasteiger partial charge in [0.15, 0.2) is 0 Å².